The summed E-state index contributed by atoms with van der Waals surface area (Å²) in [4.78, 5) is 23.0. The Morgan fingerprint density at radius 3 is 2.56 bits per heavy atom. The summed E-state index contributed by atoms with van der Waals surface area (Å²) in [5.74, 6) is -0.170. The van der Waals surface area contributed by atoms with Crippen molar-refractivity contribution in [1.82, 2.24) is 4.31 Å². The molecule has 0 unspecified atom stereocenters. The lowest BCUT2D eigenvalue weighted by Crippen LogP contribution is -2.23. The van der Waals surface area contributed by atoms with Gasteiger partial charge in [-0.25, -0.2) is 12.7 Å². The highest BCUT2D eigenvalue weighted by molar-refractivity contribution is 7.89. The molecular formula is C17H18N2O5S. The molecule has 0 bridgehead atoms. The summed E-state index contributed by atoms with van der Waals surface area (Å²) < 4.78 is 30.6. The maximum absolute atomic E-state index is 12.1. The molecule has 7 nitrogen and oxygen atoms in total. The number of amides is 1. The smallest absolute Gasteiger partial charge is 0.262 e. The Morgan fingerprint density at radius 2 is 1.88 bits per heavy atom. The van der Waals surface area contributed by atoms with E-state index >= 15 is 0 Å². The Kier molecular flexibility index (Phi) is 5.89. The molecule has 132 valence electrons. The molecule has 0 radical (unpaired) electrons. The van der Waals surface area contributed by atoms with E-state index in [0.717, 1.165) is 4.31 Å². The van der Waals surface area contributed by atoms with Crippen LogP contribution >= 0.6 is 0 Å². The van der Waals surface area contributed by atoms with Gasteiger partial charge >= 0.3 is 0 Å². The Morgan fingerprint density at radius 1 is 1.16 bits per heavy atom. The molecule has 0 heterocycles. The monoisotopic (exact) mass is 362 g/mol. The van der Waals surface area contributed by atoms with Gasteiger partial charge in [-0.3, -0.25) is 9.59 Å². The van der Waals surface area contributed by atoms with Crippen molar-refractivity contribution < 1.29 is 22.7 Å². The predicted octanol–water partition coefficient (Wildman–Crippen LogP) is 1.77. The van der Waals surface area contributed by atoms with E-state index in [1.54, 1.807) is 30.3 Å². The molecule has 1 amide bonds. The maximum Gasteiger partial charge on any atom is 0.262 e. The van der Waals surface area contributed by atoms with Crippen LogP contribution in [0.3, 0.4) is 0 Å². The zero-order chi connectivity index (χ0) is 18.4. The summed E-state index contributed by atoms with van der Waals surface area (Å²) in [6.45, 7) is -0.310. The molecular weight excluding hydrogens is 344 g/mol. The van der Waals surface area contributed by atoms with Crippen molar-refractivity contribution in [3.8, 4) is 5.75 Å². The van der Waals surface area contributed by atoms with Crippen molar-refractivity contribution in [1.29, 1.82) is 0 Å². The van der Waals surface area contributed by atoms with Crippen LogP contribution in [-0.2, 0) is 14.8 Å². The SMILES string of the molecule is CN(C)S(=O)(=O)c1cccc(NC(=O)COc2ccccc2C=O)c1. The van der Waals surface area contributed by atoms with Crippen molar-refractivity contribution in [3.63, 3.8) is 0 Å². The number of hydrogen-bond acceptors (Lipinski definition) is 5. The Hall–Kier alpha value is -2.71. The number of carbonyl (C=O) groups excluding carboxylic acids is 2. The quantitative estimate of drug-likeness (QED) is 0.758. The summed E-state index contributed by atoms with van der Waals surface area (Å²) in [6.07, 6.45) is 0.642. The highest BCUT2D eigenvalue weighted by Gasteiger charge is 2.17. The van der Waals surface area contributed by atoms with Crippen molar-refractivity contribution >= 4 is 27.9 Å². The van der Waals surface area contributed by atoms with Crippen LogP contribution in [0.2, 0.25) is 0 Å². The first-order chi connectivity index (χ1) is 11.8. The first kappa shape index (κ1) is 18.6. The van der Waals surface area contributed by atoms with Gasteiger partial charge in [-0.15, -0.1) is 0 Å². The number of para-hydroxylation sites is 1. The van der Waals surface area contributed by atoms with E-state index in [2.05, 4.69) is 5.32 Å². The Labute approximate surface area is 146 Å². The Balaban J connectivity index is 2.05. The van der Waals surface area contributed by atoms with Crippen LogP contribution in [0.15, 0.2) is 53.4 Å². The molecule has 0 aliphatic heterocycles. The van der Waals surface area contributed by atoms with Gasteiger partial charge in [-0.05, 0) is 30.3 Å². The number of ether oxygens (including phenoxy) is 1. The molecule has 0 aliphatic carbocycles. The number of benzene rings is 2. The van der Waals surface area contributed by atoms with Crippen molar-refractivity contribution in [3.05, 3.63) is 54.1 Å². The third-order valence-electron chi connectivity index (χ3n) is 3.30. The molecule has 25 heavy (non-hydrogen) atoms. The lowest BCUT2D eigenvalue weighted by molar-refractivity contribution is -0.118. The number of nitrogens with one attached hydrogen (secondary N) is 1. The van der Waals surface area contributed by atoms with E-state index < -0.39 is 15.9 Å². The van der Waals surface area contributed by atoms with E-state index in [0.29, 0.717) is 23.3 Å². The molecule has 0 saturated heterocycles. The van der Waals surface area contributed by atoms with E-state index in [9.17, 15) is 18.0 Å². The molecule has 0 aliphatic rings. The highest BCUT2D eigenvalue weighted by Crippen LogP contribution is 2.18. The molecule has 0 aromatic heterocycles. The van der Waals surface area contributed by atoms with E-state index in [1.165, 1.54) is 32.3 Å². The number of sulfonamides is 1. The zero-order valence-electron chi connectivity index (χ0n) is 13.8. The standard InChI is InChI=1S/C17H18N2O5S/c1-19(2)25(22,23)15-8-5-7-14(10-15)18-17(21)12-24-16-9-4-3-6-13(16)11-20/h3-11H,12H2,1-2H3,(H,18,21). The average Bonchev–Trinajstić information content (AvgIpc) is 2.60. The minimum atomic E-state index is -3.59. The van der Waals surface area contributed by atoms with Crippen LogP contribution in [0.4, 0.5) is 5.69 Å². The summed E-state index contributed by atoms with van der Waals surface area (Å²) in [6, 6.07) is 12.5. The number of nitrogens with zero attached hydrogens (tertiary/aromatic N) is 1. The van der Waals surface area contributed by atoms with Gasteiger partial charge in [0.2, 0.25) is 10.0 Å². The van der Waals surface area contributed by atoms with Crippen molar-refractivity contribution in [2.45, 2.75) is 4.90 Å². The minimum Gasteiger partial charge on any atom is -0.483 e. The minimum absolute atomic E-state index is 0.0718. The molecule has 1 N–H and O–H groups in total. The number of aldehydes is 1. The van der Waals surface area contributed by atoms with Gasteiger partial charge in [-0.1, -0.05) is 18.2 Å². The lowest BCUT2D eigenvalue weighted by Gasteiger charge is -2.13. The molecule has 8 heteroatoms. The van der Waals surface area contributed by atoms with Gasteiger partial charge in [0.25, 0.3) is 5.91 Å². The van der Waals surface area contributed by atoms with Gasteiger partial charge in [0, 0.05) is 19.8 Å². The van der Waals surface area contributed by atoms with Crippen LogP contribution in [0.5, 0.6) is 5.75 Å². The van der Waals surface area contributed by atoms with Crippen molar-refractivity contribution in [2.75, 3.05) is 26.0 Å². The molecule has 0 fully saturated rings. The van der Waals surface area contributed by atoms with Gasteiger partial charge < -0.3 is 10.1 Å². The molecule has 2 aromatic carbocycles. The third kappa shape index (κ3) is 4.65. The van der Waals surface area contributed by atoms with Crippen LogP contribution < -0.4 is 10.1 Å². The second-order valence-corrected chi connectivity index (χ2v) is 7.46. The fourth-order valence-corrected chi connectivity index (χ4v) is 2.94. The van der Waals surface area contributed by atoms with Crippen LogP contribution in [0.25, 0.3) is 0 Å². The zero-order valence-corrected chi connectivity index (χ0v) is 14.6. The summed E-state index contributed by atoms with van der Waals surface area (Å²) in [5, 5.41) is 2.57. The molecule has 0 atom stereocenters. The molecule has 2 rings (SSSR count). The topological polar surface area (TPSA) is 92.8 Å². The van der Waals surface area contributed by atoms with Gasteiger partial charge in [-0.2, -0.15) is 0 Å². The molecule has 0 saturated carbocycles. The van der Waals surface area contributed by atoms with Gasteiger partial charge in [0.1, 0.15) is 5.75 Å². The summed E-state index contributed by atoms with van der Waals surface area (Å²) in [7, 11) is -0.729. The first-order valence-electron chi connectivity index (χ1n) is 7.34. The second-order valence-electron chi connectivity index (χ2n) is 5.31. The largest absolute Gasteiger partial charge is 0.483 e. The van der Waals surface area contributed by atoms with E-state index in [-0.39, 0.29) is 11.5 Å². The molecule has 2 aromatic rings. The first-order valence-corrected chi connectivity index (χ1v) is 8.78. The van der Waals surface area contributed by atoms with Crippen LogP contribution in [0, 0.1) is 0 Å². The summed E-state index contributed by atoms with van der Waals surface area (Å²) in [5.41, 5.74) is 0.676. The highest BCUT2D eigenvalue weighted by atomic mass is 32.2. The maximum atomic E-state index is 12.1. The fraction of sp³-hybridized carbons (Fsp3) is 0.176. The van der Waals surface area contributed by atoms with E-state index in [4.69, 9.17) is 4.74 Å². The van der Waals surface area contributed by atoms with Crippen LogP contribution in [0.1, 0.15) is 10.4 Å². The second kappa shape index (κ2) is 7.91. The third-order valence-corrected chi connectivity index (χ3v) is 5.11. The Bertz CT molecular complexity index is 878. The van der Waals surface area contributed by atoms with Crippen molar-refractivity contribution in [2.24, 2.45) is 0 Å². The average molecular weight is 362 g/mol. The van der Waals surface area contributed by atoms with Gasteiger partial charge in [0.05, 0.1) is 10.5 Å². The van der Waals surface area contributed by atoms with E-state index in [1.807, 2.05) is 0 Å². The van der Waals surface area contributed by atoms with Gasteiger partial charge in [0.15, 0.2) is 12.9 Å². The predicted molar refractivity (Wildman–Crippen MR) is 93.3 cm³/mol. The number of carbonyl (C=O) groups is 2. The summed E-state index contributed by atoms with van der Waals surface area (Å²) >= 11 is 0. The number of rotatable bonds is 7. The molecule has 0 spiro atoms. The lowest BCUT2D eigenvalue weighted by atomic mass is 10.2. The normalized spacial score (nSPS) is 11.2. The van der Waals surface area contributed by atoms with Crippen LogP contribution in [-0.4, -0.2) is 45.6 Å². The fourth-order valence-electron chi connectivity index (χ4n) is 1.99. The number of hydrogen-bond donors (Lipinski definition) is 1. The number of anilines is 1.